The summed E-state index contributed by atoms with van der Waals surface area (Å²) in [5.41, 5.74) is 3.92. The molecular formula is C20H15F2N7. The second-order valence-corrected chi connectivity index (χ2v) is 6.78. The van der Waals surface area contributed by atoms with E-state index in [4.69, 9.17) is 0 Å². The highest BCUT2D eigenvalue weighted by atomic mass is 19.3. The van der Waals surface area contributed by atoms with Gasteiger partial charge in [0.1, 0.15) is 5.69 Å². The number of alkyl halides is 2. The van der Waals surface area contributed by atoms with Gasteiger partial charge in [0.2, 0.25) is 0 Å². The van der Waals surface area contributed by atoms with Crippen LogP contribution in [0.25, 0.3) is 27.7 Å². The molecule has 4 heterocycles. The van der Waals surface area contributed by atoms with E-state index in [9.17, 15) is 8.78 Å². The lowest BCUT2D eigenvalue weighted by molar-refractivity contribution is 0.144. The maximum absolute atomic E-state index is 13.0. The highest BCUT2D eigenvalue weighted by molar-refractivity contribution is 5.84. The number of nitrogens with zero attached hydrogens (tertiary/aromatic N) is 7. The summed E-state index contributed by atoms with van der Waals surface area (Å²) >= 11 is 0. The van der Waals surface area contributed by atoms with Crippen molar-refractivity contribution in [1.29, 1.82) is 0 Å². The van der Waals surface area contributed by atoms with E-state index in [1.807, 2.05) is 37.6 Å². The molecule has 0 saturated heterocycles. The fourth-order valence-corrected chi connectivity index (χ4v) is 3.28. The molecular weight excluding hydrogens is 376 g/mol. The molecule has 0 fully saturated rings. The average molecular weight is 391 g/mol. The molecule has 0 radical (unpaired) electrons. The first-order valence-electron chi connectivity index (χ1n) is 8.94. The van der Waals surface area contributed by atoms with Gasteiger partial charge >= 0.3 is 0 Å². The largest absolute Gasteiger partial charge is 0.282 e. The maximum Gasteiger partial charge on any atom is 0.282 e. The zero-order valence-electron chi connectivity index (χ0n) is 15.4. The number of rotatable bonds is 4. The van der Waals surface area contributed by atoms with Gasteiger partial charge in [0.05, 0.1) is 11.7 Å². The first kappa shape index (κ1) is 17.4. The normalized spacial score (nSPS) is 11.7. The van der Waals surface area contributed by atoms with E-state index in [0.29, 0.717) is 17.9 Å². The summed E-state index contributed by atoms with van der Waals surface area (Å²) < 4.78 is 29.1. The first-order chi connectivity index (χ1) is 14.1. The fourth-order valence-electron chi connectivity index (χ4n) is 3.28. The smallest absolute Gasteiger partial charge is 0.275 e. The molecule has 0 saturated carbocycles. The average Bonchev–Trinajstić information content (AvgIpc) is 3.33. The third-order valence-corrected chi connectivity index (χ3v) is 4.72. The van der Waals surface area contributed by atoms with Crippen molar-refractivity contribution in [3.63, 3.8) is 0 Å². The molecule has 0 aliphatic heterocycles. The Bertz CT molecular complexity index is 1340. The van der Waals surface area contributed by atoms with E-state index in [2.05, 4.69) is 31.4 Å². The van der Waals surface area contributed by atoms with Gasteiger partial charge in [0.15, 0.2) is 11.5 Å². The van der Waals surface area contributed by atoms with Crippen LogP contribution in [0.15, 0.2) is 55.0 Å². The zero-order chi connectivity index (χ0) is 20.0. The number of hydrogen-bond donors (Lipinski definition) is 0. The zero-order valence-corrected chi connectivity index (χ0v) is 15.4. The Labute approximate surface area is 163 Å². The van der Waals surface area contributed by atoms with Crippen molar-refractivity contribution >= 4 is 16.6 Å². The summed E-state index contributed by atoms with van der Waals surface area (Å²) in [6, 6.07) is 10.7. The molecule has 4 aromatic heterocycles. The van der Waals surface area contributed by atoms with Crippen molar-refractivity contribution in [2.75, 3.05) is 0 Å². The SMILES string of the molecule is Cn1cc(-c2cnc3ccc(Cc4nnc5ccc(C(F)F)nn45)cc3c2)cn1. The molecule has 1 aromatic carbocycles. The highest BCUT2D eigenvalue weighted by Crippen LogP contribution is 2.24. The molecule has 0 N–H and O–H groups in total. The Kier molecular flexibility index (Phi) is 4.01. The van der Waals surface area contributed by atoms with Gasteiger partial charge in [-0.05, 0) is 35.9 Å². The second-order valence-electron chi connectivity index (χ2n) is 6.78. The first-order valence-corrected chi connectivity index (χ1v) is 8.94. The Morgan fingerprint density at radius 2 is 1.90 bits per heavy atom. The van der Waals surface area contributed by atoms with Gasteiger partial charge in [0, 0.05) is 42.4 Å². The van der Waals surface area contributed by atoms with E-state index in [0.717, 1.165) is 27.6 Å². The van der Waals surface area contributed by atoms with Crippen LogP contribution in [0.5, 0.6) is 0 Å². The summed E-state index contributed by atoms with van der Waals surface area (Å²) in [6.45, 7) is 0. The monoisotopic (exact) mass is 391 g/mol. The number of hydrogen-bond acceptors (Lipinski definition) is 5. The standard InChI is InChI=1S/C20H15F2N7/c1-28-11-15(10-24-28)14-8-13-6-12(2-3-16(13)23-9-14)7-19-26-25-18-5-4-17(20(21)22)27-29(18)19/h2-6,8-11,20H,7H2,1H3. The van der Waals surface area contributed by atoms with Crippen molar-refractivity contribution < 1.29 is 8.78 Å². The van der Waals surface area contributed by atoms with Crippen LogP contribution in [0, 0.1) is 0 Å². The van der Waals surface area contributed by atoms with E-state index in [-0.39, 0.29) is 5.69 Å². The van der Waals surface area contributed by atoms with Crippen LogP contribution in [0.3, 0.4) is 0 Å². The van der Waals surface area contributed by atoms with Gasteiger partial charge in [0.25, 0.3) is 6.43 Å². The Morgan fingerprint density at radius 1 is 1.00 bits per heavy atom. The van der Waals surface area contributed by atoms with E-state index >= 15 is 0 Å². The van der Waals surface area contributed by atoms with Crippen LogP contribution in [-0.4, -0.2) is 34.6 Å². The Balaban J connectivity index is 1.52. The molecule has 7 nitrogen and oxygen atoms in total. The molecule has 0 aliphatic rings. The lowest BCUT2D eigenvalue weighted by Crippen LogP contribution is -2.03. The maximum atomic E-state index is 13.0. The van der Waals surface area contributed by atoms with E-state index < -0.39 is 6.43 Å². The predicted molar refractivity (Wildman–Crippen MR) is 102 cm³/mol. The molecule has 144 valence electrons. The minimum Gasteiger partial charge on any atom is -0.275 e. The van der Waals surface area contributed by atoms with Crippen LogP contribution >= 0.6 is 0 Å². The number of pyridine rings is 1. The summed E-state index contributed by atoms with van der Waals surface area (Å²) in [5, 5.41) is 17.3. The summed E-state index contributed by atoms with van der Waals surface area (Å²) in [7, 11) is 1.87. The van der Waals surface area contributed by atoms with Gasteiger partial charge < -0.3 is 0 Å². The van der Waals surface area contributed by atoms with Crippen molar-refractivity contribution in [3.05, 3.63) is 72.1 Å². The van der Waals surface area contributed by atoms with Gasteiger partial charge in [-0.25, -0.2) is 8.78 Å². The molecule has 5 aromatic rings. The lowest BCUT2D eigenvalue weighted by Gasteiger charge is -2.05. The van der Waals surface area contributed by atoms with Crippen molar-refractivity contribution in [3.8, 4) is 11.1 Å². The van der Waals surface area contributed by atoms with Gasteiger partial charge in [-0.15, -0.1) is 10.2 Å². The van der Waals surface area contributed by atoms with Crippen LogP contribution in [-0.2, 0) is 13.5 Å². The predicted octanol–water partition coefficient (Wildman–Crippen LogP) is 3.60. The van der Waals surface area contributed by atoms with Gasteiger partial charge in [-0.3, -0.25) is 9.67 Å². The number of benzene rings is 1. The topological polar surface area (TPSA) is 73.8 Å². The third kappa shape index (κ3) is 3.20. The molecule has 0 amide bonds. The van der Waals surface area contributed by atoms with Crippen molar-refractivity contribution in [2.45, 2.75) is 12.8 Å². The number of fused-ring (bicyclic) bond motifs is 2. The van der Waals surface area contributed by atoms with E-state index in [1.54, 1.807) is 10.9 Å². The molecule has 5 rings (SSSR count). The summed E-state index contributed by atoms with van der Waals surface area (Å²) in [6.07, 6.45) is 3.31. The van der Waals surface area contributed by atoms with Gasteiger partial charge in [-0.2, -0.15) is 14.7 Å². The van der Waals surface area contributed by atoms with Crippen LogP contribution in [0.2, 0.25) is 0 Å². The third-order valence-electron chi connectivity index (χ3n) is 4.72. The van der Waals surface area contributed by atoms with Crippen molar-refractivity contribution in [1.82, 2.24) is 34.6 Å². The minimum absolute atomic E-state index is 0.303. The van der Waals surface area contributed by atoms with Crippen LogP contribution in [0.1, 0.15) is 23.5 Å². The summed E-state index contributed by atoms with van der Waals surface area (Å²) in [4.78, 5) is 4.52. The van der Waals surface area contributed by atoms with Crippen LogP contribution in [0.4, 0.5) is 8.78 Å². The highest BCUT2D eigenvalue weighted by Gasteiger charge is 2.14. The van der Waals surface area contributed by atoms with Crippen LogP contribution < -0.4 is 0 Å². The molecule has 0 unspecified atom stereocenters. The summed E-state index contributed by atoms with van der Waals surface area (Å²) in [5.74, 6) is 0.498. The molecule has 0 bridgehead atoms. The second kappa shape index (κ2) is 6.69. The minimum atomic E-state index is -2.65. The number of aryl methyl sites for hydroxylation is 1. The lowest BCUT2D eigenvalue weighted by atomic mass is 10.0. The molecule has 29 heavy (non-hydrogen) atoms. The molecule has 9 heteroatoms. The number of halogens is 2. The fraction of sp³-hybridized carbons (Fsp3) is 0.150. The molecule has 0 spiro atoms. The Morgan fingerprint density at radius 3 is 2.69 bits per heavy atom. The van der Waals surface area contributed by atoms with E-state index in [1.165, 1.54) is 16.6 Å². The quantitative estimate of drug-likeness (QED) is 0.468. The van der Waals surface area contributed by atoms with Gasteiger partial charge in [-0.1, -0.05) is 6.07 Å². The molecule has 0 aliphatic carbocycles. The number of aromatic nitrogens is 7. The molecule has 0 atom stereocenters. The van der Waals surface area contributed by atoms with Crippen molar-refractivity contribution in [2.24, 2.45) is 7.05 Å². The Hall–Kier alpha value is -3.75.